The van der Waals surface area contributed by atoms with Crippen molar-refractivity contribution in [3.8, 4) is 0 Å². The zero-order valence-electron chi connectivity index (χ0n) is 7.53. The van der Waals surface area contributed by atoms with E-state index >= 15 is 0 Å². The summed E-state index contributed by atoms with van der Waals surface area (Å²) in [6.07, 6.45) is 0. The summed E-state index contributed by atoms with van der Waals surface area (Å²) in [7, 11) is 1.35. The van der Waals surface area contributed by atoms with E-state index in [0.717, 1.165) is 22.4 Å². The number of esters is 1. The van der Waals surface area contributed by atoms with Crippen molar-refractivity contribution in [3.05, 3.63) is 29.3 Å². The fourth-order valence-corrected chi connectivity index (χ4v) is 1.54. The highest BCUT2D eigenvalue weighted by Crippen LogP contribution is 2.20. The minimum atomic E-state index is -0.354. The standard InChI is InChI=1S/C9H11NO2S/c1-6-3-4-7(9(11)12-2)8(5-6)13-10/h3-5H,10H2,1-2H3. The van der Waals surface area contributed by atoms with Crippen LogP contribution in [-0.4, -0.2) is 13.1 Å². The monoisotopic (exact) mass is 197 g/mol. The van der Waals surface area contributed by atoms with Gasteiger partial charge in [-0.15, -0.1) is 0 Å². The minimum absolute atomic E-state index is 0.354. The molecule has 70 valence electrons. The van der Waals surface area contributed by atoms with E-state index in [0.29, 0.717) is 5.56 Å². The van der Waals surface area contributed by atoms with Gasteiger partial charge in [-0.25, -0.2) is 4.79 Å². The normalized spacial score (nSPS) is 9.77. The fraction of sp³-hybridized carbons (Fsp3) is 0.222. The molecule has 1 aromatic carbocycles. The van der Waals surface area contributed by atoms with Crippen LogP contribution in [-0.2, 0) is 4.74 Å². The van der Waals surface area contributed by atoms with E-state index in [2.05, 4.69) is 4.74 Å². The Morgan fingerprint density at radius 3 is 2.77 bits per heavy atom. The van der Waals surface area contributed by atoms with E-state index in [1.54, 1.807) is 6.07 Å². The van der Waals surface area contributed by atoms with Crippen molar-refractivity contribution < 1.29 is 9.53 Å². The second-order valence-electron chi connectivity index (χ2n) is 2.61. The molecule has 0 aliphatic carbocycles. The first kappa shape index (κ1) is 10.1. The van der Waals surface area contributed by atoms with Gasteiger partial charge in [-0.1, -0.05) is 6.07 Å². The zero-order chi connectivity index (χ0) is 9.84. The second kappa shape index (κ2) is 4.30. The highest BCUT2D eigenvalue weighted by atomic mass is 32.2. The fourth-order valence-electron chi connectivity index (χ4n) is 1.01. The Bertz CT molecular complexity index is 325. The number of benzene rings is 1. The average molecular weight is 197 g/mol. The summed E-state index contributed by atoms with van der Waals surface area (Å²) < 4.78 is 4.61. The van der Waals surface area contributed by atoms with Gasteiger partial charge in [-0.05, 0) is 36.6 Å². The molecule has 4 heteroatoms. The third kappa shape index (κ3) is 2.23. The molecule has 0 aliphatic heterocycles. The summed E-state index contributed by atoms with van der Waals surface area (Å²) >= 11 is 1.05. The molecule has 0 fully saturated rings. The molecule has 0 bridgehead atoms. The number of hydrogen-bond acceptors (Lipinski definition) is 4. The summed E-state index contributed by atoms with van der Waals surface area (Å²) in [5.41, 5.74) is 1.58. The molecule has 0 radical (unpaired) electrons. The van der Waals surface area contributed by atoms with Crippen molar-refractivity contribution in [1.29, 1.82) is 0 Å². The molecule has 3 nitrogen and oxygen atoms in total. The maximum absolute atomic E-state index is 11.2. The predicted molar refractivity (Wildman–Crippen MR) is 52.6 cm³/mol. The lowest BCUT2D eigenvalue weighted by Crippen LogP contribution is -2.03. The lowest BCUT2D eigenvalue weighted by atomic mass is 10.1. The number of nitrogens with two attached hydrogens (primary N) is 1. The maximum atomic E-state index is 11.2. The van der Waals surface area contributed by atoms with Gasteiger partial charge in [0.1, 0.15) is 0 Å². The Kier molecular flexibility index (Phi) is 3.33. The Balaban J connectivity index is 3.13. The molecule has 0 spiro atoms. The van der Waals surface area contributed by atoms with Gasteiger partial charge in [0.05, 0.1) is 12.7 Å². The third-order valence-electron chi connectivity index (χ3n) is 1.67. The summed E-state index contributed by atoms with van der Waals surface area (Å²) in [6, 6.07) is 5.43. The van der Waals surface area contributed by atoms with Crippen molar-refractivity contribution in [3.63, 3.8) is 0 Å². The Morgan fingerprint density at radius 1 is 1.54 bits per heavy atom. The van der Waals surface area contributed by atoms with Crippen molar-refractivity contribution in [2.24, 2.45) is 5.14 Å². The van der Waals surface area contributed by atoms with E-state index in [1.807, 2.05) is 19.1 Å². The second-order valence-corrected chi connectivity index (χ2v) is 3.28. The Hall–Kier alpha value is -1.00. The molecule has 1 aromatic rings. The van der Waals surface area contributed by atoms with Gasteiger partial charge in [-0.2, -0.15) is 0 Å². The van der Waals surface area contributed by atoms with Gasteiger partial charge in [0.15, 0.2) is 0 Å². The molecule has 0 saturated carbocycles. The van der Waals surface area contributed by atoms with Crippen LogP contribution in [0.2, 0.25) is 0 Å². The smallest absolute Gasteiger partial charge is 0.339 e. The van der Waals surface area contributed by atoms with Gasteiger partial charge in [0.25, 0.3) is 0 Å². The highest BCUT2D eigenvalue weighted by molar-refractivity contribution is 7.97. The first-order valence-corrected chi connectivity index (χ1v) is 4.62. The van der Waals surface area contributed by atoms with Gasteiger partial charge in [0, 0.05) is 4.90 Å². The molecule has 1 rings (SSSR count). The quantitative estimate of drug-likeness (QED) is 0.579. The van der Waals surface area contributed by atoms with E-state index in [9.17, 15) is 4.79 Å². The third-order valence-corrected chi connectivity index (χ3v) is 2.26. The van der Waals surface area contributed by atoms with E-state index in [1.165, 1.54) is 7.11 Å². The molecule has 0 aromatic heterocycles. The van der Waals surface area contributed by atoms with Gasteiger partial charge < -0.3 is 4.74 Å². The van der Waals surface area contributed by atoms with Crippen LogP contribution in [0.4, 0.5) is 0 Å². The molecule has 0 aliphatic rings. The lowest BCUT2D eigenvalue weighted by molar-refractivity contribution is 0.0597. The van der Waals surface area contributed by atoms with Crippen LogP contribution in [0.25, 0.3) is 0 Å². The van der Waals surface area contributed by atoms with Crippen LogP contribution in [0, 0.1) is 6.92 Å². The summed E-state index contributed by atoms with van der Waals surface area (Å²) in [6.45, 7) is 1.95. The van der Waals surface area contributed by atoms with Crippen molar-refractivity contribution in [1.82, 2.24) is 0 Å². The first-order valence-electron chi connectivity index (χ1n) is 3.74. The van der Waals surface area contributed by atoms with Crippen LogP contribution in [0.3, 0.4) is 0 Å². The van der Waals surface area contributed by atoms with E-state index in [-0.39, 0.29) is 5.97 Å². The Labute approximate surface area is 81.4 Å². The summed E-state index contributed by atoms with van der Waals surface area (Å²) in [5.74, 6) is -0.354. The molecule has 0 heterocycles. The minimum Gasteiger partial charge on any atom is -0.465 e. The van der Waals surface area contributed by atoms with E-state index in [4.69, 9.17) is 5.14 Å². The van der Waals surface area contributed by atoms with E-state index < -0.39 is 0 Å². The predicted octanol–water partition coefficient (Wildman–Crippen LogP) is 1.75. The largest absolute Gasteiger partial charge is 0.465 e. The van der Waals surface area contributed by atoms with Crippen molar-refractivity contribution in [2.45, 2.75) is 11.8 Å². The molecule has 0 amide bonds. The first-order chi connectivity index (χ1) is 6.19. The van der Waals surface area contributed by atoms with Crippen molar-refractivity contribution >= 4 is 17.9 Å². The van der Waals surface area contributed by atoms with Crippen LogP contribution in [0.1, 0.15) is 15.9 Å². The van der Waals surface area contributed by atoms with Crippen LogP contribution < -0.4 is 5.14 Å². The van der Waals surface area contributed by atoms with Crippen LogP contribution in [0.5, 0.6) is 0 Å². The Morgan fingerprint density at radius 2 is 2.23 bits per heavy atom. The number of carbonyl (C=O) groups is 1. The molecule has 2 N–H and O–H groups in total. The topological polar surface area (TPSA) is 52.3 Å². The maximum Gasteiger partial charge on any atom is 0.339 e. The summed E-state index contributed by atoms with van der Waals surface area (Å²) in [5, 5.41) is 5.42. The number of carbonyl (C=O) groups excluding carboxylic acids is 1. The zero-order valence-corrected chi connectivity index (χ0v) is 8.35. The number of hydrogen-bond donors (Lipinski definition) is 1. The number of ether oxygens (including phenoxy) is 1. The molecule has 13 heavy (non-hydrogen) atoms. The molecular formula is C9H11NO2S. The lowest BCUT2D eigenvalue weighted by Gasteiger charge is -2.05. The summed E-state index contributed by atoms with van der Waals surface area (Å²) in [4.78, 5) is 12.0. The van der Waals surface area contributed by atoms with Gasteiger partial charge in [-0.3, -0.25) is 5.14 Å². The van der Waals surface area contributed by atoms with Gasteiger partial charge in [0.2, 0.25) is 0 Å². The van der Waals surface area contributed by atoms with Crippen LogP contribution in [0.15, 0.2) is 23.1 Å². The molecule has 0 unspecified atom stereocenters. The number of aryl methyl sites for hydroxylation is 1. The average Bonchev–Trinajstić information content (AvgIpc) is 2.16. The molecular weight excluding hydrogens is 186 g/mol. The number of methoxy groups -OCH3 is 1. The number of rotatable bonds is 2. The van der Waals surface area contributed by atoms with Crippen LogP contribution >= 0.6 is 11.9 Å². The van der Waals surface area contributed by atoms with Crippen molar-refractivity contribution in [2.75, 3.05) is 7.11 Å². The molecule has 0 saturated heterocycles. The highest BCUT2D eigenvalue weighted by Gasteiger charge is 2.10. The SMILES string of the molecule is COC(=O)c1ccc(C)cc1SN. The van der Waals surface area contributed by atoms with Gasteiger partial charge >= 0.3 is 5.97 Å². The molecule has 0 atom stereocenters.